The van der Waals surface area contributed by atoms with E-state index in [9.17, 15) is 0 Å². The molecule has 1 rings (SSSR count). The lowest BCUT2D eigenvalue weighted by atomic mass is 10.4. The SMILES string of the molecule is CCn1nnc(C)c1C#N. The second kappa shape index (κ2) is 2.48. The third-order valence-electron chi connectivity index (χ3n) is 1.31. The highest BCUT2D eigenvalue weighted by atomic mass is 15.4. The maximum absolute atomic E-state index is 8.57. The first-order chi connectivity index (χ1) is 4.79. The van der Waals surface area contributed by atoms with Gasteiger partial charge in [-0.1, -0.05) is 5.21 Å². The zero-order valence-electron chi connectivity index (χ0n) is 6.00. The summed E-state index contributed by atoms with van der Waals surface area (Å²) in [5.74, 6) is 0. The summed E-state index contributed by atoms with van der Waals surface area (Å²) in [6.45, 7) is 4.40. The van der Waals surface area contributed by atoms with Crippen LogP contribution in [-0.4, -0.2) is 15.0 Å². The van der Waals surface area contributed by atoms with Crippen molar-refractivity contribution in [3.05, 3.63) is 11.4 Å². The van der Waals surface area contributed by atoms with Crippen LogP contribution >= 0.6 is 0 Å². The minimum atomic E-state index is 0.558. The van der Waals surface area contributed by atoms with Crippen LogP contribution in [0.5, 0.6) is 0 Å². The van der Waals surface area contributed by atoms with Gasteiger partial charge >= 0.3 is 0 Å². The van der Waals surface area contributed by atoms with Gasteiger partial charge < -0.3 is 0 Å². The van der Waals surface area contributed by atoms with Crippen molar-refractivity contribution < 1.29 is 0 Å². The standard InChI is InChI=1S/C6H8N4/c1-3-10-6(4-7)5(2)8-9-10/h3H2,1-2H3. The topological polar surface area (TPSA) is 54.5 Å². The van der Waals surface area contributed by atoms with Gasteiger partial charge in [0, 0.05) is 6.54 Å². The molecule has 1 heterocycles. The second-order valence-corrected chi connectivity index (χ2v) is 1.95. The number of hydrogen-bond donors (Lipinski definition) is 0. The predicted octanol–water partition coefficient (Wildman–Crippen LogP) is 0.478. The van der Waals surface area contributed by atoms with Crippen LogP contribution in [0.15, 0.2) is 0 Å². The lowest BCUT2D eigenvalue weighted by Crippen LogP contribution is -1.99. The summed E-state index contributed by atoms with van der Waals surface area (Å²) >= 11 is 0. The molecule has 0 saturated carbocycles. The zero-order chi connectivity index (χ0) is 7.56. The summed E-state index contributed by atoms with van der Waals surface area (Å²) in [6, 6.07) is 2.03. The third-order valence-corrected chi connectivity index (χ3v) is 1.31. The number of nitrogens with zero attached hydrogens (tertiary/aromatic N) is 4. The molecule has 0 saturated heterocycles. The van der Waals surface area contributed by atoms with E-state index >= 15 is 0 Å². The van der Waals surface area contributed by atoms with Gasteiger partial charge in [0.05, 0.1) is 5.69 Å². The molecule has 0 aliphatic carbocycles. The number of hydrogen-bond acceptors (Lipinski definition) is 3. The normalized spacial score (nSPS) is 9.30. The zero-order valence-corrected chi connectivity index (χ0v) is 6.00. The Morgan fingerprint density at radius 2 is 2.40 bits per heavy atom. The van der Waals surface area contributed by atoms with Crippen molar-refractivity contribution in [1.82, 2.24) is 15.0 Å². The van der Waals surface area contributed by atoms with E-state index in [4.69, 9.17) is 5.26 Å². The summed E-state index contributed by atoms with van der Waals surface area (Å²) in [6.07, 6.45) is 0. The van der Waals surface area contributed by atoms with Gasteiger partial charge in [-0.15, -0.1) is 5.10 Å². The van der Waals surface area contributed by atoms with E-state index in [0.29, 0.717) is 17.9 Å². The van der Waals surface area contributed by atoms with E-state index < -0.39 is 0 Å². The van der Waals surface area contributed by atoms with Crippen LogP contribution in [0.3, 0.4) is 0 Å². The second-order valence-electron chi connectivity index (χ2n) is 1.95. The fraction of sp³-hybridized carbons (Fsp3) is 0.500. The maximum atomic E-state index is 8.57. The molecule has 0 aliphatic heterocycles. The van der Waals surface area contributed by atoms with Crippen LogP contribution in [0.25, 0.3) is 0 Å². The molecule has 1 aromatic rings. The Balaban J connectivity index is 3.17. The Kier molecular flexibility index (Phi) is 1.67. The maximum Gasteiger partial charge on any atom is 0.161 e. The molecule has 0 radical (unpaired) electrons. The molecule has 0 fully saturated rings. The van der Waals surface area contributed by atoms with Crippen molar-refractivity contribution in [2.75, 3.05) is 0 Å². The van der Waals surface area contributed by atoms with Crippen molar-refractivity contribution in [1.29, 1.82) is 5.26 Å². The summed E-state index contributed by atoms with van der Waals surface area (Å²) in [4.78, 5) is 0. The summed E-state index contributed by atoms with van der Waals surface area (Å²) in [5.41, 5.74) is 1.26. The molecule has 0 aromatic carbocycles. The molecule has 0 amide bonds. The molecule has 1 aromatic heterocycles. The van der Waals surface area contributed by atoms with Gasteiger partial charge in [-0.2, -0.15) is 5.26 Å². The minimum absolute atomic E-state index is 0.558. The molecule has 4 nitrogen and oxygen atoms in total. The Morgan fingerprint density at radius 1 is 1.70 bits per heavy atom. The fourth-order valence-electron chi connectivity index (χ4n) is 0.760. The predicted molar refractivity (Wildman–Crippen MR) is 35.1 cm³/mol. The lowest BCUT2D eigenvalue weighted by molar-refractivity contribution is 0.620. The van der Waals surface area contributed by atoms with Gasteiger partial charge in [0.2, 0.25) is 0 Å². The molecular weight excluding hydrogens is 128 g/mol. The molecule has 0 unspecified atom stereocenters. The van der Waals surface area contributed by atoms with Crippen molar-refractivity contribution in [2.45, 2.75) is 20.4 Å². The van der Waals surface area contributed by atoms with Crippen LogP contribution < -0.4 is 0 Å². The average Bonchev–Trinajstić information content (AvgIpc) is 2.30. The first-order valence-corrected chi connectivity index (χ1v) is 3.09. The van der Waals surface area contributed by atoms with Crippen LogP contribution in [0.2, 0.25) is 0 Å². The largest absolute Gasteiger partial charge is 0.235 e. The van der Waals surface area contributed by atoms with Crippen molar-refractivity contribution in [3.63, 3.8) is 0 Å². The van der Waals surface area contributed by atoms with Gasteiger partial charge in [-0.3, -0.25) is 0 Å². The van der Waals surface area contributed by atoms with E-state index in [1.54, 1.807) is 11.6 Å². The Labute approximate surface area is 59.1 Å². The lowest BCUT2D eigenvalue weighted by Gasteiger charge is -1.91. The van der Waals surface area contributed by atoms with Gasteiger partial charge in [-0.25, -0.2) is 4.68 Å². The summed E-state index contributed by atoms with van der Waals surface area (Å²) in [7, 11) is 0. The van der Waals surface area contributed by atoms with Crippen LogP contribution in [-0.2, 0) is 6.54 Å². The Bertz CT molecular complexity index is 268. The number of rotatable bonds is 1. The molecule has 10 heavy (non-hydrogen) atoms. The summed E-state index contributed by atoms with van der Waals surface area (Å²) < 4.78 is 1.58. The van der Waals surface area contributed by atoms with Gasteiger partial charge in [0.25, 0.3) is 0 Å². The Hall–Kier alpha value is -1.37. The van der Waals surface area contributed by atoms with E-state index in [2.05, 4.69) is 10.3 Å². The van der Waals surface area contributed by atoms with Crippen LogP contribution in [0, 0.1) is 18.3 Å². The molecule has 0 N–H and O–H groups in total. The van der Waals surface area contributed by atoms with Crippen molar-refractivity contribution >= 4 is 0 Å². The molecular formula is C6H8N4. The molecule has 0 spiro atoms. The Morgan fingerprint density at radius 3 is 2.80 bits per heavy atom. The number of nitriles is 1. The van der Waals surface area contributed by atoms with Gasteiger partial charge in [0.1, 0.15) is 6.07 Å². The highest BCUT2D eigenvalue weighted by Crippen LogP contribution is 1.99. The van der Waals surface area contributed by atoms with Crippen molar-refractivity contribution in [3.8, 4) is 6.07 Å². The number of aromatic nitrogens is 3. The molecule has 0 aliphatic rings. The highest BCUT2D eigenvalue weighted by Gasteiger charge is 2.04. The van der Waals surface area contributed by atoms with E-state index in [-0.39, 0.29) is 0 Å². The van der Waals surface area contributed by atoms with Gasteiger partial charge in [0.15, 0.2) is 5.69 Å². The first kappa shape index (κ1) is 6.75. The molecule has 52 valence electrons. The molecule has 0 atom stereocenters. The molecule has 4 heteroatoms. The van der Waals surface area contributed by atoms with E-state index in [1.165, 1.54) is 0 Å². The van der Waals surface area contributed by atoms with Gasteiger partial charge in [-0.05, 0) is 13.8 Å². The summed E-state index contributed by atoms with van der Waals surface area (Å²) in [5, 5.41) is 16.1. The van der Waals surface area contributed by atoms with Crippen molar-refractivity contribution in [2.24, 2.45) is 0 Å². The fourth-order valence-corrected chi connectivity index (χ4v) is 0.760. The monoisotopic (exact) mass is 136 g/mol. The van der Waals surface area contributed by atoms with Crippen LogP contribution in [0.4, 0.5) is 0 Å². The minimum Gasteiger partial charge on any atom is -0.235 e. The van der Waals surface area contributed by atoms with Crippen LogP contribution in [0.1, 0.15) is 18.3 Å². The van der Waals surface area contributed by atoms with E-state index in [1.807, 2.05) is 13.0 Å². The first-order valence-electron chi connectivity index (χ1n) is 3.09. The third kappa shape index (κ3) is 0.860. The number of aryl methyl sites for hydroxylation is 2. The smallest absolute Gasteiger partial charge is 0.161 e. The average molecular weight is 136 g/mol. The quantitative estimate of drug-likeness (QED) is 0.564. The highest BCUT2D eigenvalue weighted by molar-refractivity contribution is 5.23. The van der Waals surface area contributed by atoms with E-state index in [0.717, 1.165) is 0 Å². The molecule has 0 bridgehead atoms.